The SMILES string of the molecule is C[C@H](NS(=O)(=O)c1ccc(NC(=O)c2ccc(Cl)cc2Cl)c(F)c1)c1ccccc1. The fraction of sp³-hybridized carbons (Fsp3) is 0.0952. The lowest BCUT2D eigenvalue weighted by Crippen LogP contribution is -2.27. The van der Waals surface area contributed by atoms with E-state index in [9.17, 15) is 17.6 Å². The Balaban J connectivity index is 1.78. The number of amides is 1. The zero-order chi connectivity index (χ0) is 21.9. The smallest absolute Gasteiger partial charge is 0.257 e. The quantitative estimate of drug-likeness (QED) is 0.508. The highest BCUT2D eigenvalue weighted by Gasteiger charge is 2.21. The normalized spacial score (nSPS) is 12.4. The molecule has 0 aliphatic heterocycles. The first-order chi connectivity index (χ1) is 14.2. The summed E-state index contributed by atoms with van der Waals surface area (Å²) in [4.78, 5) is 12.1. The standard InChI is InChI=1S/C21H17Cl2FN2O3S/c1-13(14-5-3-2-4-6-14)26-30(28,29)16-8-10-20(19(24)12-16)25-21(27)17-9-7-15(22)11-18(17)23/h2-13,26H,1H3,(H,25,27)/t13-/m0/s1. The van der Waals surface area contributed by atoms with E-state index in [-0.39, 0.29) is 21.2 Å². The minimum absolute atomic E-state index is 0.107. The van der Waals surface area contributed by atoms with E-state index in [1.54, 1.807) is 31.2 Å². The summed E-state index contributed by atoms with van der Waals surface area (Å²) >= 11 is 11.8. The predicted molar refractivity (Wildman–Crippen MR) is 116 cm³/mol. The van der Waals surface area contributed by atoms with Crippen LogP contribution in [0.1, 0.15) is 28.9 Å². The number of halogens is 3. The van der Waals surface area contributed by atoms with E-state index in [0.29, 0.717) is 5.02 Å². The highest BCUT2D eigenvalue weighted by atomic mass is 35.5. The van der Waals surface area contributed by atoms with Crippen LogP contribution in [-0.2, 0) is 10.0 Å². The van der Waals surface area contributed by atoms with Gasteiger partial charge in [-0.1, -0.05) is 53.5 Å². The van der Waals surface area contributed by atoms with E-state index < -0.39 is 27.8 Å². The summed E-state index contributed by atoms with van der Waals surface area (Å²) in [6, 6.07) is 16.0. The fourth-order valence-electron chi connectivity index (χ4n) is 2.74. The molecule has 0 aromatic heterocycles. The van der Waals surface area contributed by atoms with Crippen molar-refractivity contribution in [3.63, 3.8) is 0 Å². The molecule has 0 spiro atoms. The van der Waals surface area contributed by atoms with Gasteiger partial charge in [0.1, 0.15) is 5.82 Å². The molecule has 0 bridgehead atoms. The van der Waals surface area contributed by atoms with Gasteiger partial charge in [-0.15, -0.1) is 0 Å². The molecule has 2 N–H and O–H groups in total. The molecule has 0 saturated heterocycles. The van der Waals surface area contributed by atoms with Gasteiger partial charge in [0, 0.05) is 11.1 Å². The average Bonchev–Trinajstić information content (AvgIpc) is 2.69. The number of nitrogens with one attached hydrogen (secondary N) is 2. The van der Waals surface area contributed by atoms with Crippen LogP contribution in [0.3, 0.4) is 0 Å². The number of rotatable bonds is 6. The van der Waals surface area contributed by atoms with Crippen LogP contribution in [0.4, 0.5) is 10.1 Å². The molecule has 1 atom stereocenters. The molecule has 5 nitrogen and oxygen atoms in total. The molecule has 0 aliphatic rings. The second-order valence-electron chi connectivity index (χ2n) is 6.47. The number of anilines is 1. The third-order valence-electron chi connectivity index (χ3n) is 4.31. The number of sulfonamides is 1. The summed E-state index contributed by atoms with van der Waals surface area (Å²) in [7, 11) is -3.98. The predicted octanol–water partition coefficient (Wildman–Crippen LogP) is 5.42. The lowest BCUT2D eigenvalue weighted by Gasteiger charge is -2.15. The molecular formula is C21H17Cl2FN2O3S. The summed E-state index contributed by atoms with van der Waals surface area (Å²) in [6.45, 7) is 1.69. The van der Waals surface area contributed by atoms with Gasteiger partial charge in [-0.3, -0.25) is 4.79 Å². The van der Waals surface area contributed by atoms with Gasteiger partial charge in [0.05, 0.1) is 21.2 Å². The zero-order valence-electron chi connectivity index (χ0n) is 15.7. The number of hydrogen-bond acceptors (Lipinski definition) is 3. The monoisotopic (exact) mass is 466 g/mol. The Hall–Kier alpha value is -2.45. The van der Waals surface area contributed by atoms with Crippen LogP contribution in [-0.4, -0.2) is 14.3 Å². The Morgan fingerprint density at radius 3 is 2.33 bits per heavy atom. The third kappa shape index (κ3) is 5.17. The van der Waals surface area contributed by atoms with Crippen molar-refractivity contribution >= 4 is 44.8 Å². The maximum atomic E-state index is 14.5. The Kier molecular flexibility index (Phi) is 6.77. The minimum atomic E-state index is -3.98. The molecular weight excluding hydrogens is 450 g/mol. The second kappa shape index (κ2) is 9.14. The average molecular weight is 467 g/mol. The summed E-state index contributed by atoms with van der Waals surface area (Å²) < 4.78 is 42.2. The van der Waals surface area contributed by atoms with Crippen LogP contribution in [0.5, 0.6) is 0 Å². The Morgan fingerprint density at radius 2 is 1.70 bits per heavy atom. The molecule has 0 fully saturated rings. The topological polar surface area (TPSA) is 75.3 Å². The van der Waals surface area contributed by atoms with Crippen LogP contribution in [0, 0.1) is 5.82 Å². The van der Waals surface area contributed by atoms with Crippen LogP contribution in [0.2, 0.25) is 10.0 Å². The summed E-state index contributed by atoms with van der Waals surface area (Å²) in [5, 5.41) is 2.84. The van der Waals surface area contributed by atoms with E-state index in [1.165, 1.54) is 30.3 Å². The van der Waals surface area contributed by atoms with E-state index >= 15 is 0 Å². The molecule has 0 saturated carbocycles. The molecule has 0 radical (unpaired) electrons. The van der Waals surface area contributed by atoms with Crippen molar-refractivity contribution in [3.05, 3.63) is 93.7 Å². The highest BCUT2D eigenvalue weighted by Crippen LogP contribution is 2.25. The minimum Gasteiger partial charge on any atom is -0.319 e. The van der Waals surface area contributed by atoms with Gasteiger partial charge in [-0.05, 0) is 48.9 Å². The molecule has 0 unspecified atom stereocenters. The van der Waals surface area contributed by atoms with Crippen molar-refractivity contribution in [3.8, 4) is 0 Å². The fourth-order valence-corrected chi connectivity index (χ4v) is 4.48. The third-order valence-corrected chi connectivity index (χ3v) is 6.39. The lowest BCUT2D eigenvalue weighted by atomic mass is 10.1. The zero-order valence-corrected chi connectivity index (χ0v) is 18.0. The number of carbonyl (C=O) groups is 1. The van der Waals surface area contributed by atoms with E-state index in [2.05, 4.69) is 10.0 Å². The van der Waals surface area contributed by atoms with Gasteiger partial charge < -0.3 is 5.32 Å². The molecule has 0 aliphatic carbocycles. The van der Waals surface area contributed by atoms with Crippen molar-refractivity contribution in [2.24, 2.45) is 0 Å². The molecule has 3 rings (SSSR count). The van der Waals surface area contributed by atoms with Crippen molar-refractivity contribution in [2.75, 3.05) is 5.32 Å². The molecule has 3 aromatic carbocycles. The van der Waals surface area contributed by atoms with E-state index in [0.717, 1.165) is 11.6 Å². The number of hydrogen-bond donors (Lipinski definition) is 2. The number of benzene rings is 3. The summed E-state index contributed by atoms with van der Waals surface area (Å²) in [5.74, 6) is -1.55. The van der Waals surface area contributed by atoms with Gasteiger partial charge >= 0.3 is 0 Å². The van der Waals surface area contributed by atoms with Crippen molar-refractivity contribution in [1.29, 1.82) is 0 Å². The van der Waals surface area contributed by atoms with Crippen LogP contribution in [0.25, 0.3) is 0 Å². The van der Waals surface area contributed by atoms with Crippen LogP contribution < -0.4 is 10.0 Å². The maximum absolute atomic E-state index is 14.5. The molecule has 3 aromatic rings. The molecule has 9 heteroatoms. The van der Waals surface area contributed by atoms with Gasteiger partial charge in [0.15, 0.2) is 0 Å². The van der Waals surface area contributed by atoms with Crippen LogP contribution >= 0.6 is 23.2 Å². The first kappa shape index (κ1) is 22.2. The van der Waals surface area contributed by atoms with Crippen LogP contribution in [0.15, 0.2) is 71.6 Å². The Bertz CT molecular complexity index is 1190. The first-order valence-corrected chi connectivity index (χ1v) is 11.0. The molecule has 156 valence electrons. The molecule has 30 heavy (non-hydrogen) atoms. The van der Waals surface area contributed by atoms with Crippen molar-refractivity contribution in [2.45, 2.75) is 17.9 Å². The van der Waals surface area contributed by atoms with Gasteiger partial charge in [0.2, 0.25) is 10.0 Å². The lowest BCUT2D eigenvalue weighted by molar-refractivity contribution is 0.102. The Morgan fingerprint density at radius 1 is 1.00 bits per heavy atom. The molecule has 1 amide bonds. The number of carbonyl (C=O) groups excluding carboxylic acids is 1. The van der Waals surface area contributed by atoms with Gasteiger partial charge in [0.25, 0.3) is 5.91 Å². The van der Waals surface area contributed by atoms with Crippen molar-refractivity contribution in [1.82, 2.24) is 4.72 Å². The summed E-state index contributed by atoms with van der Waals surface area (Å²) in [5.41, 5.74) is 0.696. The molecule has 0 heterocycles. The first-order valence-electron chi connectivity index (χ1n) is 8.80. The van der Waals surface area contributed by atoms with E-state index in [4.69, 9.17) is 23.2 Å². The summed E-state index contributed by atoms with van der Waals surface area (Å²) in [6.07, 6.45) is 0. The van der Waals surface area contributed by atoms with E-state index in [1.807, 2.05) is 6.07 Å². The highest BCUT2D eigenvalue weighted by molar-refractivity contribution is 7.89. The second-order valence-corrected chi connectivity index (χ2v) is 9.03. The van der Waals surface area contributed by atoms with Crippen molar-refractivity contribution < 1.29 is 17.6 Å². The van der Waals surface area contributed by atoms with Gasteiger partial charge in [-0.25, -0.2) is 17.5 Å². The Labute approximate surface area is 183 Å². The maximum Gasteiger partial charge on any atom is 0.257 e. The van der Waals surface area contributed by atoms with Gasteiger partial charge in [-0.2, -0.15) is 0 Å². The largest absolute Gasteiger partial charge is 0.319 e.